The van der Waals surface area contributed by atoms with E-state index in [1.54, 1.807) is 54.6 Å². The summed E-state index contributed by atoms with van der Waals surface area (Å²) in [5, 5.41) is 10.3. The van der Waals surface area contributed by atoms with Crippen molar-refractivity contribution in [3.63, 3.8) is 0 Å². The highest BCUT2D eigenvalue weighted by Crippen LogP contribution is 2.44. The van der Waals surface area contributed by atoms with Gasteiger partial charge < -0.3 is 10.0 Å². The molecular formula is C23H16BrClFNO3. The van der Waals surface area contributed by atoms with Crippen LogP contribution in [0.4, 0.5) is 4.39 Å². The molecule has 0 fully saturated rings. The zero-order valence-electron chi connectivity index (χ0n) is 15.6. The average molecular weight is 489 g/mol. The predicted molar refractivity (Wildman–Crippen MR) is 115 cm³/mol. The summed E-state index contributed by atoms with van der Waals surface area (Å²) in [6, 6.07) is 17.3. The molecule has 0 radical (unpaired) electrons. The standard InChI is InChI=1S/C23H16BrClFNO3/c24-15-8-5-13(6-9-15)21-20(23(29)30)17-3-1-2-4-18(17)22(28)27(21)12-14-7-10-16(25)11-19(14)26/h1-11,20-21H,12H2,(H,29,30). The Labute approximate surface area is 186 Å². The third-order valence-corrected chi connectivity index (χ3v) is 6.04. The van der Waals surface area contributed by atoms with Gasteiger partial charge in [-0.05, 0) is 41.5 Å². The lowest BCUT2D eigenvalue weighted by Crippen LogP contribution is -2.44. The second kappa shape index (κ2) is 8.20. The number of fused-ring (bicyclic) bond motifs is 1. The highest BCUT2D eigenvalue weighted by molar-refractivity contribution is 9.10. The van der Waals surface area contributed by atoms with Crippen molar-refractivity contribution < 1.29 is 19.1 Å². The third kappa shape index (κ3) is 3.73. The van der Waals surface area contributed by atoms with Gasteiger partial charge >= 0.3 is 5.97 Å². The smallest absolute Gasteiger partial charge is 0.313 e. The maximum atomic E-state index is 14.5. The number of hydrogen-bond acceptors (Lipinski definition) is 2. The van der Waals surface area contributed by atoms with Crippen LogP contribution in [0.25, 0.3) is 0 Å². The number of carbonyl (C=O) groups is 2. The lowest BCUT2D eigenvalue weighted by Gasteiger charge is -2.41. The first-order valence-electron chi connectivity index (χ1n) is 9.19. The van der Waals surface area contributed by atoms with Gasteiger partial charge in [-0.15, -0.1) is 0 Å². The lowest BCUT2D eigenvalue weighted by atomic mass is 9.79. The summed E-state index contributed by atoms with van der Waals surface area (Å²) in [5.74, 6) is -2.93. The number of carbonyl (C=O) groups excluding carboxylic acids is 1. The van der Waals surface area contributed by atoms with Crippen molar-refractivity contribution in [3.05, 3.63) is 104 Å². The molecule has 1 aliphatic rings. The predicted octanol–water partition coefficient (Wildman–Crippen LogP) is 5.81. The summed E-state index contributed by atoms with van der Waals surface area (Å²) >= 11 is 9.23. The van der Waals surface area contributed by atoms with Gasteiger partial charge in [0, 0.05) is 27.2 Å². The maximum Gasteiger partial charge on any atom is 0.313 e. The number of aliphatic carboxylic acids is 1. The van der Waals surface area contributed by atoms with Crippen LogP contribution in [0.1, 0.15) is 39.0 Å². The largest absolute Gasteiger partial charge is 0.481 e. The van der Waals surface area contributed by atoms with E-state index in [0.717, 1.165) is 4.47 Å². The molecule has 1 aliphatic heterocycles. The summed E-state index contributed by atoms with van der Waals surface area (Å²) in [7, 11) is 0. The molecule has 3 aromatic carbocycles. The fourth-order valence-electron chi connectivity index (χ4n) is 3.90. The summed E-state index contributed by atoms with van der Waals surface area (Å²) in [6.45, 7) is -0.0827. The van der Waals surface area contributed by atoms with Gasteiger partial charge in [0.2, 0.25) is 0 Å². The van der Waals surface area contributed by atoms with Crippen LogP contribution in [-0.4, -0.2) is 21.9 Å². The highest BCUT2D eigenvalue weighted by Gasteiger charge is 2.44. The van der Waals surface area contributed by atoms with E-state index in [0.29, 0.717) is 16.7 Å². The van der Waals surface area contributed by atoms with Crippen LogP contribution in [0.2, 0.25) is 5.02 Å². The highest BCUT2D eigenvalue weighted by atomic mass is 79.9. The number of hydrogen-bond donors (Lipinski definition) is 1. The summed E-state index contributed by atoms with van der Waals surface area (Å²) in [4.78, 5) is 27.2. The van der Waals surface area contributed by atoms with Crippen LogP contribution in [0.5, 0.6) is 0 Å². The molecule has 7 heteroatoms. The minimum atomic E-state index is -1.05. The van der Waals surface area contributed by atoms with Gasteiger partial charge in [-0.25, -0.2) is 4.39 Å². The van der Waals surface area contributed by atoms with Crippen molar-refractivity contribution in [1.29, 1.82) is 0 Å². The quantitative estimate of drug-likeness (QED) is 0.504. The van der Waals surface area contributed by atoms with Crippen molar-refractivity contribution in [1.82, 2.24) is 4.90 Å². The maximum absolute atomic E-state index is 14.5. The molecule has 0 spiro atoms. The molecule has 3 aromatic rings. The number of halogens is 3. The number of carboxylic acid groups (broad SMARTS) is 1. The van der Waals surface area contributed by atoms with Crippen LogP contribution in [-0.2, 0) is 11.3 Å². The Bertz CT molecular complexity index is 1140. The van der Waals surface area contributed by atoms with Gasteiger partial charge in [0.25, 0.3) is 5.91 Å². The summed E-state index contributed by atoms with van der Waals surface area (Å²) in [6.07, 6.45) is 0. The minimum absolute atomic E-state index is 0.0827. The van der Waals surface area contributed by atoms with Crippen molar-refractivity contribution in [2.24, 2.45) is 0 Å². The molecule has 4 rings (SSSR count). The molecule has 1 amide bonds. The molecule has 1 heterocycles. The second-order valence-corrected chi connectivity index (χ2v) is 8.42. The second-order valence-electron chi connectivity index (χ2n) is 7.07. The monoisotopic (exact) mass is 487 g/mol. The van der Waals surface area contributed by atoms with Crippen molar-refractivity contribution in [3.8, 4) is 0 Å². The summed E-state index contributed by atoms with van der Waals surface area (Å²) < 4.78 is 15.4. The summed E-state index contributed by atoms with van der Waals surface area (Å²) in [5.41, 5.74) is 1.68. The first-order chi connectivity index (χ1) is 14.4. The van der Waals surface area contributed by atoms with Gasteiger partial charge in [0.15, 0.2) is 0 Å². The van der Waals surface area contributed by atoms with Crippen LogP contribution < -0.4 is 0 Å². The Morgan fingerprint density at radius 1 is 1.10 bits per heavy atom. The fraction of sp³-hybridized carbons (Fsp3) is 0.130. The van der Waals surface area contributed by atoms with E-state index in [2.05, 4.69) is 15.9 Å². The molecular weight excluding hydrogens is 473 g/mol. The topological polar surface area (TPSA) is 57.6 Å². The molecule has 30 heavy (non-hydrogen) atoms. The molecule has 0 saturated carbocycles. The molecule has 0 aromatic heterocycles. The van der Waals surface area contributed by atoms with Gasteiger partial charge in [-0.1, -0.05) is 63.9 Å². The van der Waals surface area contributed by atoms with Crippen LogP contribution in [0, 0.1) is 5.82 Å². The number of carboxylic acids is 1. The number of amides is 1. The van der Waals surface area contributed by atoms with E-state index in [1.165, 1.54) is 17.0 Å². The minimum Gasteiger partial charge on any atom is -0.481 e. The van der Waals surface area contributed by atoms with Crippen LogP contribution in [0.3, 0.4) is 0 Å². The Morgan fingerprint density at radius 3 is 2.47 bits per heavy atom. The molecule has 2 atom stereocenters. The number of rotatable bonds is 4. The molecule has 152 valence electrons. The Kier molecular flexibility index (Phi) is 5.62. The van der Waals surface area contributed by atoms with E-state index >= 15 is 0 Å². The van der Waals surface area contributed by atoms with E-state index in [-0.39, 0.29) is 23.0 Å². The van der Waals surface area contributed by atoms with E-state index < -0.39 is 23.7 Å². The van der Waals surface area contributed by atoms with Crippen molar-refractivity contribution in [2.75, 3.05) is 0 Å². The first-order valence-corrected chi connectivity index (χ1v) is 10.4. The van der Waals surface area contributed by atoms with E-state index in [9.17, 15) is 19.1 Å². The average Bonchev–Trinajstić information content (AvgIpc) is 2.72. The third-order valence-electron chi connectivity index (χ3n) is 5.27. The number of nitrogens with zero attached hydrogens (tertiary/aromatic N) is 1. The van der Waals surface area contributed by atoms with Gasteiger partial charge in [-0.3, -0.25) is 9.59 Å². The van der Waals surface area contributed by atoms with Crippen LogP contribution in [0.15, 0.2) is 71.2 Å². The Hall–Kier alpha value is -2.70. The molecule has 0 bridgehead atoms. The van der Waals surface area contributed by atoms with E-state index in [4.69, 9.17) is 11.6 Å². The normalized spacial score (nSPS) is 18.2. The fourth-order valence-corrected chi connectivity index (χ4v) is 4.32. The zero-order chi connectivity index (χ0) is 21.4. The molecule has 0 saturated heterocycles. The van der Waals surface area contributed by atoms with Gasteiger partial charge in [0.1, 0.15) is 11.7 Å². The Balaban J connectivity index is 1.88. The molecule has 4 nitrogen and oxygen atoms in total. The molecule has 1 N–H and O–H groups in total. The lowest BCUT2D eigenvalue weighted by molar-refractivity contribution is -0.140. The van der Waals surface area contributed by atoms with Gasteiger partial charge in [-0.2, -0.15) is 0 Å². The van der Waals surface area contributed by atoms with Crippen molar-refractivity contribution in [2.45, 2.75) is 18.5 Å². The first kappa shape index (κ1) is 20.6. The SMILES string of the molecule is O=C(O)C1c2ccccc2C(=O)N(Cc2ccc(Cl)cc2F)C1c1ccc(Br)cc1. The van der Waals surface area contributed by atoms with Crippen LogP contribution >= 0.6 is 27.5 Å². The van der Waals surface area contributed by atoms with E-state index in [1.807, 2.05) is 0 Å². The number of benzene rings is 3. The van der Waals surface area contributed by atoms with Crippen molar-refractivity contribution >= 4 is 39.4 Å². The zero-order valence-corrected chi connectivity index (χ0v) is 17.9. The molecule has 0 aliphatic carbocycles. The Morgan fingerprint density at radius 2 is 1.80 bits per heavy atom. The molecule has 2 unspecified atom stereocenters. The van der Waals surface area contributed by atoms with Gasteiger partial charge in [0.05, 0.1) is 6.04 Å².